The summed E-state index contributed by atoms with van der Waals surface area (Å²) in [7, 11) is 5.36. The molecule has 1 amide bonds. The Labute approximate surface area is 179 Å². The molecule has 3 rings (SSSR count). The lowest BCUT2D eigenvalue weighted by molar-refractivity contribution is -0.152. The summed E-state index contributed by atoms with van der Waals surface area (Å²) in [5.41, 5.74) is 1.23. The van der Waals surface area contributed by atoms with Crippen LogP contribution in [-0.4, -0.2) is 57.2 Å². The molecule has 0 radical (unpaired) electrons. The minimum absolute atomic E-state index is 0.343. The van der Waals surface area contributed by atoms with Crippen molar-refractivity contribution in [3.8, 4) is 5.75 Å². The third-order valence-electron chi connectivity index (χ3n) is 4.77. The first-order valence-electron chi connectivity index (χ1n) is 9.54. The largest absolute Gasteiger partial charge is 0.497 e. The number of likely N-dealkylation sites (N-methyl/N-ethyl adjacent to an activating group) is 1. The molecule has 2 aromatic carbocycles. The van der Waals surface area contributed by atoms with E-state index >= 15 is 0 Å². The van der Waals surface area contributed by atoms with Crippen molar-refractivity contribution in [2.75, 3.05) is 39.2 Å². The van der Waals surface area contributed by atoms with Crippen LogP contribution in [-0.2, 0) is 14.3 Å². The number of methoxy groups -OCH3 is 1. The average molecular weight is 433 g/mol. The summed E-state index contributed by atoms with van der Waals surface area (Å²) < 4.78 is 25.6. The van der Waals surface area contributed by atoms with Gasteiger partial charge in [-0.2, -0.15) is 0 Å². The van der Waals surface area contributed by atoms with Gasteiger partial charge in [0.2, 0.25) is 0 Å². The van der Waals surface area contributed by atoms with Crippen LogP contribution in [0.2, 0.25) is 0 Å². The summed E-state index contributed by atoms with van der Waals surface area (Å²) in [4.78, 5) is 29.2. The van der Waals surface area contributed by atoms with E-state index in [1.54, 1.807) is 43.5 Å². The number of anilines is 1. The molecule has 8 heteroatoms. The Bertz CT molecular complexity index is 920. The van der Waals surface area contributed by atoms with Crippen LogP contribution in [0.5, 0.6) is 5.75 Å². The van der Waals surface area contributed by atoms with Crippen molar-refractivity contribution >= 4 is 29.3 Å². The number of nitrogens with zero attached hydrogens (tertiary/aromatic N) is 2. The van der Waals surface area contributed by atoms with Crippen LogP contribution in [0.1, 0.15) is 17.7 Å². The molecule has 1 aliphatic heterocycles. The van der Waals surface area contributed by atoms with E-state index in [1.165, 1.54) is 29.7 Å². The number of rotatable bonds is 6. The maximum Gasteiger partial charge on any atom is 0.303 e. The van der Waals surface area contributed by atoms with E-state index in [-0.39, 0.29) is 5.91 Å². The second-order valence-electron chi connectivity index (χ2n) is 7.22. The molecule has 6 nitrogen and oxygen atoms in total. The molecule has 0 saturated carbocycles. The fourth-order valence-corrected chi connectivity index (χ4v) is 4.60. The van der Waals surface area contributed by atoms with Crippen molar-refractivity contribution in [3.05, 3.63) is 53.8 Å². The van der Waals surface area contributed by atoms with E-state index in [0.29, 0.717) is 29.4 Å². The quantitative estimate of drug-likeness (QED) is 0.651. The average Bonchev–Trinajstić information content (AvgIpc) is 2.82. The van der Waals surface area contributed by atoms with E-state index < -0.39 is 23.1 Å². The molecule has 160 valence electrons. The summed E-state index contributed by atoms with van der Waals surface area (Å²) >= 11 is 1.19. The van der Waals surface area contributed by atoms with Crippen molar-refractivity contribution in [3.63, 3.8) is 0 Å². The van der Waals surface area contributed by atoms with Gasteiger partial charge in [0.25, 0.3) is 5.91 Å². The number of carbonyl (C=O) groups excluding carboxylic acids is 2. The molecule has 0 spiro atoms. The Morgan fingerprint density at radius 1 is 1.20 bits per heavy atom. The molecule has 2 atom stereocenters. The summed E-state index contributed by atoms with van der Waals surface area (Å²) in [5.74, 6) is -0.690. The summed E-state index contributed by atoms with van der Waals surface area (Å²) in [6.07, 6.45) is -1.09. The summed E-state index contributed by atoms with van der Waals surface area (Å²) in [6.45, 7) is 2.19. The maximum absolute atomic E-state index is 14.9. The molecule has 0 unspecified atom stereocenters. The lowest BCUT2D eigenvalue weighted by Crippen LogP contribution is -2.45. The molecular weight excluding hydrogens is 407 g/mol. The van der Waals surface area contributed by atoms with Gasteiger partial charge in [0.1, 0.15) is 11.6 Å². The molecule has 2 aromatic rings. The van der Waals surface area contributed by atoms with Crippen molar-refractivity contribution in [1.29, 1.82) is 0 Å². The molecule has 0 bridgehead atoms. The third kappa shape index (κ3) is 4.76. The second kappa shape index (κ2) is 9.49. The summed E-state index contributed by atoms with van der Waals surface area (Å²) in [5, 5.41) is -0.604. The number of amides is 1. The minimum atomic E-state index is -1.09. The number of fused-ring (bicyclic) bond motifs is 1. The fourth-order valence-electron chi connectivity index (χ4n) is 3.28. The minimum Gasteiger partial charge on any atom is -0.497 e. The number of benzene rings is 2. The highest BCUT2D eigenvalue weighted by Gasteiger charge is 2.41. The Morgan fingerprint density at radius 3 is 2.50 bits per heavy atom. The van der Waals surface area contributed by atoms with Gasteiger partial charge in [0.15, 0.2) is 6.10 Å². The highest BCUT2D eigenvalue weighted by atomic mass is 32.2. The van der Waals surface area contributed by atoms with Gasteiger partial charge < -0.3 is 19.3 Å². The Hall–Kier alpha value is -2.58. The topological polar surface area (TPSA) is 59.1 Å². The van der Waals surface area contributed by atoms with E-state index in [4.69, 9.17) is 9.47 Å². The van der Waals surface area contributed by atoms with Crippen LogP contribution in [0.4, 0.5) is 10.1 Å². The molecule has 1 heterocycles. The number of hydrogen-bond donors (Lipinski definition) is 0. The zero-order valence-corrected chi connectivity index (χ0v) is 18.2. The van der Waals surface area contributed by atoms with Crippen molar-refractivity contribution in [2.24, 2.45) is 0 Å². The van der Waals surface area contributed by atoms with Crippen molar-refractivity contribution < 1.29 is 23.5 Å². The summed E-state index contributed by atoms with van der Waals surface area (Å²) in [6, 6.07) is 11.8. The number of ether oxygens (including phenoxy) is 2. The van der Waals surface area contributed by atoms with Crippen LogP contribution < -0.4 is 9.64 Å². The monoisotopic (exact) mass is 432 g/mol. The van der Waals surface area contributed by atoms with E-state index in [9.17, 15) is 14.0 Å². The molecule has 0 saturated heterocycles. The Kier molecular flexibility index (Phi) is 6.99. The zero-order valence-electron chi connectivity index (χ0n) is 17.4. The predicted octanol–water partition coefficient (Wildman–Crippen LogP) is 3.51. The Morgan fingerprint density at radius 2 is 1.90 bits per heavy atom. The van der Waals surface area contributed by atoms with E-state index in [2.05, 4.69) is 0 Å². The molecule has 0 N–H and O–H groups in total. The maximum atomic E-state index is 14.9. The van der Waals surface area contributed by atoms with Gasteiger partial charge >= 0.3 is 5.97 Å². The first-order valence-corrected chi connectivity index (χ1v) is 10.4. The van der Waals surface area contributed by atoms with Crippen LogP contribution in [0.25, 0.3) is 0 Å². The zero-order chi connectivity index (χ0) is 21.8. The SMILES string of the molecule is COc1ccc([C@@H]2Sc3c(F)cccc3N(CCN(C)C)C(=O)[C@@H]2OC(C)=O)cc1. The third-order valence-corrected chi connectivity index (χ3v) is 6.19. The van der Waals surface area contributed by atoms with Gasteiger partial charge in [-0.3, -0.25) is 9.59 Å². The molecule has 30 heavy (non-hydrogen) atoms. The number of esters is 1. The number of halogens is 1. The molecule has 0 fully saturated rings. The second-order valence-corrected chi connectivity index (χ2v) is 8.37. The molecule has 0 aromatic heterocycles. The predicted molar refractivity (Wildman–Crippen MR) is 114 cm³/mol. The van der Waals surface area contributed by atoms with E-state index in [1.807, 2.05) is 19.0 Å². The smallest absolute Gasteiger partial charge is 0.303 e. The lowest BCUT2D eigenvalue weighted by Gasteiger charge is -2.28. The van der Waals surface area contributed by atoms with Crippen LogP contribution in [0, 0.1) is 5.82 Å². The van der Waals surface area contributed by atoms with Gasteiger partial charge in [-0.05, 0) is 43.9 Å². The van der Waals surface area contributed by atoms with Crippen LogP contribution in [0.15, 0.2) is 47.4 Å². The standard InChI is InChI=1S/C22H25FN2O4S/c1-14(26)29-19-20(15-8-10-16(28-4)11-9-15)30-21-17(23)6-5-7-18(21)25(22(19)27)13-12-24(2)3/h5-11,19-20H,12-13H2,1-4H3/t19-,20+/m1/s1. The normalized spacial score (nSPS) is 18.7. The first kappa shape index (κ1) is 22.1. The first-order chi connectivity index (χ1) is 14.3. The number of hydrogen-bond acceptors (Lipinski definition) is 6. The van der Waals surface area contributed by atoms with Gasteiger partial charge in [0, 0.05) is 20.0 Å². The molecule has 1 aliphatic rings. The molecule has 0 aliphatic carbocycles. The Balaban J connectivity index is 2.11. The highest BCUT2D eigenvalue weighted by molar-refractivity contribution is 7.99. The number of thioether (sulfide) groups is 1. The van der Waals surface area contributed by atoms with Crippen molar-refractivity contribution in [2.45, 2.75) is 23.2 Å². The van der Waals surface area contributed by atoms with Gasteiger partial charge in [-0.1, -0.05) is 18.2 Å². The van der Waals surface area contributed by atoms with Crippen molar-refractivity contribution in [1.82, 2.24) is 4.90 Å². The number of carbonyl (C=O) groups is 2. The van der Waals surface area contributed by atoms with Gasteiger partial charge in [0.05, 0.1) is 22.9 Å². The lowest BCUT2D eigenvalue weighted by atomic mass is 10.1. The van der Waals surface area contributed by atoms with Crippen LogP contribution >= 0.6 is 11.8 Å². The van der Waals surface area contributed by atoms with Crippen LogP contribution in [0.3, 0.4) is 0 Å². The highest BCUT2D eigenvalue weighted by Crippen LogP contribution is 2.47. The molecular formula is C22H25FN2O4S. The fraction of sp³-hybridized carbons (Fsp3) is 0.364. The van der Waals surface area contributed by atoms with Gasteiger partial charge in [-0.25, -0.2) is 4.39 Å². The van der Waals surface area contributed by atoms with E-state index in [0.717, 1.165) is 5.56 Å². The van der Waals surface area contributed by atoms with Gasteiger partial charge in [-0.15, -0.1) is 11.8 Å².